The van der Waals surface area contributed by atoms with Crippen LogP contribution in [0.15, 0.2) is 52.8 Å². The van der Waals surface area contributed by atoms with E-state index < -0.39 is 0 Å². The highest BCUT2D eigenvalue weighted by Gasteiger charge is 2.13. The Morgan fingerprint density at radius 2 is 1.96 bits per heavy atom. The van der Waals surface area contributed by atoms with Crippen LogP contribution in [0.3, 0.4) is 0 Å². The minimum Gasteiger partial charge on any atom is -0.493 e. The highest BCUT2D eigenvalue weighted by Crippen LogP contribution is 2.34. The summed E-state index contributed by atoms with van der Waals surface area (Å²) < 4.78 is 19.6. The number of pyridine rings is 1. The van der Waals surface area contributed by atoms with Crippen LogP contribution >= 0.6 is 27.3 Å². The Morgan fingerprint density at radius 3 is 2.74 bits per heavy atom. The van der Waals surface area contributed by atoms with E-state index in [2.05, 4.69) is 25.9 Å². The highest BCUT2D eigenvalue weighted by atomic mass is 79.9. The second-order valence-electron chi connectivity index (χ2n) is 5.69. The molecule has 0 spiro atoms. The van der Waals surface area contributed by atoms with Crippen molar-refractivity contribution in [3.63, 3.8) is 0 Å². The molecule has 0 aliphatic carbocycles. The van der Waals surface area contributed by atoms with Crippen molar-refractivity contribution in [2.75, 3.05) is 14.2 Å². The van der Waals surface area contributed by atoms with Crippen LogP contribution in [0.2, 0.25) is 0 Å². The number of nitrogens with zero attached hydrogens (tertiary/aromatic N) is 3. The average Bonchev–Trinajstić information content (AvgIpc) is 3.32. The maximum absolute atomic E-state index is 5.92. The molecule has 0 radical (unpaired) electrons. The van der Waals surface area contributed by atoms with E-state index in [0.717, 1.165) is 31.8 Å². The summed E-state index contributed by atoms with van der Waals surface area (Å²) in [7, 11) is 3.24. The monoisotopic (exact) mass is 445 g/mol. The molecule has 0 bridgehead atoms. The predicted octanol–water partition coefficient (Wildman–Crippen LogP) is 4.84. The molecule has 0 aliphatic rings. The summed E-state index contributed by atoms with van der Waals surface area (Å²) in [6, 6.07) is 7.73. The Balaban J connectivity index is 1.60. The number of halogens is 1. The van der Waals surface area contributed by atoms with Gasteiger partial charge in [0.25, 0.3) is 0 Å². The second kappa shape index (κ2) is 7.58. The van der Waals surface area contributed by atoms with Crippen LogP contribution in [-0.4, -0.2) is 28.8 Å². The van der Waals surface area contributed by atoms with E-state index in [9.17, 15) is 0 Å². The molecular weight excluding hydrogens is 430 g/mol. The van der Waals surface area contributed by atoms with Gasteiger partial charge < -0.3 is 14.2 Å². The topological polar surface area (TPSA) is 58.4 Å². The van der Waals surface area contributed by atoms with Gasteiger partial charge in [0, 0.05) is 46.0 Å². The van der Waals surface area contributed by atoms with Gasteiger partial charge in [0.2, 0.25) is 0 Å². The number of fused-ring (bicyclic) bond motifs is 1. The molecule has 0 amide bonds. The molecule has 6 nitrogen and oxygen atoms in total. The molecule has 3 aromatic heterocycles. The number of thiophene rings is 1. The second-order valence-corrected chi connectivity index (χ2v) is 7.43. The lowest BCUT2D eigenvalue weighted by atomic mass is 10.2. The summed E-state index contributed by atoms with van der Waals surface area (Å²) >= 11 is 5.07. The van der Waals surface area contributed by atoms with E-state index in [1.165, 1.54) is 0 Å². The summed E-state index contributed by atoms with van der Waals surface area (Å²) in [5.41, 5.74) is 2.82. The molecular formula is C19H16BrN3O3S. The molecule has 0 atom stereocenters. The van der Waals surface area contributed by atoms with Crippen molar-refractivity contribution in [2.24, 2.45) is 0 Å². The Labute approximate surface area is 168 Å². The molecule has 0 fully saturated rings. The predicted molar refractivity (Wildman–Crippen MR) is 108 cm³/mol. The van der Waals surface area contributed by atoms with E-state index in [1.807, 2.05) is 34.2 Å². The Hall–Kier alpha value is -2.58. The largest absolute Gasteiger partial charge is 0.493 e. The van der Waals surface area contributed by atoms with Gasteiger partial charge in [0.05, 0.1) is 25.3 Å². The summed E-state index contributed by atoms with van der Waals surface area (Å²) in [4.78, 5) is 8.54. The van der Waals surface area contributed by atoms with Crippen LogP contribution in [0.4, 0.5) is 0 Å². The third-order valence-corrected chi connectivity index (χ3v) is 5.72. The van der Waals surface area contributed by atoms with Gasteiger partial charge in [-0.05, 0) is 22.0 Å². The van der Waals surface area contributed by atoms with Gasteiger partial charge in [-0.1, -0.05) is 0 Å². The van der Waals surface area contributed by atoms with E-state index >= 15 is 0 Å². The van der Waals surface area contributed by atoms with Crippen LogP contribution in [0.25, 0.3) is 16.0 Å². The molecule has 0 saturated carbocycles. The molecule has 0 N–H and O–H groups in total. The third-order valence-electron chi connectivity index (χ3n) is 4.10. The van der Waals surface area contributed by atoms with E-state index in [4.69, 9.17) is 14.2 Å². The van der Waals surface area contributed by atoms with Crippen molar-refractivity contribution >= 4 is 38.3 Å². The fourth-order valence-corrected chi connectivity index (χ4v) is 3.89. The molecule has 1 aromatic carbocycles. The lowest BCUT2D eigenvalue weighted by molar-refractivity contribution is 0.306. The number of hydrogen-bond acceptors (Lipinski definition) is 6. The third kappa shape index (κ3) is 3.50. The molecule has 4 aromatic rings. The SMILES string of the molecule is COc1cc2ncn(-c3cc(OCc4ccncc4Br)cs3)c2cc1OC. The molecule has 0 aliphatic heterocycles. The minimum absolute atomic E-state index is 0.467. The highest BCUT2D eigenvalue weighted by molar-refractivity contribution is 9.10. The van der Waals surface area contributed by atoms with Gasteiger partial charge >= 0.3 is 0 Å². The van der Waals surface area contributed by atoms with Crippen LogP contribution in [0.1, 0.15) is 5.56 Å². The van der Waals surface area contributed by atoms with Crippen molar-refractivity contribution in [1.82, 2.24) is 14.5 Å². The van der Waals surface area contributed by atoms with Crippen LogP contribution < -0.4 is 14.2 Å². The van der Waals surface area contributed by atoms with Crippen LogP contribution in [0, 0.1) is 0 Å². The van der Waals surface area contributed by atoms with Gasteiger partial charge in [0.1, 0.15) is 23.7 Å². The van der Waals surface area contributed by atoms with Crippen LogP contribution in [0.5, 0.6) is 17.2 Å². The number of benzene rings is 1. The fourth-order valence-electron chi connectivity index (χ4n) is 2.70. The zero-order valence-corrected chi connectivity index (χ0v) is 17.1. The molecule has 3 heterocycles. The maximum Gasteiger partial charge on any atom is 0.163 e. The minimum atomic E-state index is 0.467. The van der Waals surface area contributed by atoms with Gasteiger partial charge in [-0.25, -0.2) is 4.98 Å². The van der Waals surface area contributed by atoms with Gasteiger partial charge in [-0.3, -0.25) is 9.55 Å². The average molecular weight is 446 g/mol. The van der Waals surface area contributed by atoms with Gasteiger partial charge in [-0.15, -0.1) is 11.3 Å². The zero-order valence-electron chi connectivity index (χ0n) is 14.7. The van der Waals surface area contributed by atoms with Crippen molar-refractivity contribution < 1.29 is 14.2 Å². The smallest absolute Gasteiger partial charge is 0.163 e. The number of imidazole rings is 1. The Bertz CT molecular complexity index is 1090. The summed E-state index contributed by atoms with van der Waals surface area (Å²) in [6.45, 7) is 0.467. The quantitative estimate of drug-likeness (QED) is 0.424. The lowest BCUT2D eigenvalue weighted by Gasteiger charge is -2.08. The number of hydrogen-bond donors (Lipinski definition) is 0. The van der Waals surface area contributed by atoms with Crippen molar-refractivity contribution in [2.45, 2.75) is 6.61 Å². The van der Waals surface area contributed by atoms with E-state index in [1.54, 1.807) is 44.3 Å². The van der Waals surface area contributed by atoms with E-state index in [-0.39, 0.29) is 0 Å². The molecule has 0 unspecified atom stereocenters. The Kier molecular flexibility index (Phi) is 5.00. The van der Waals surface area contributed by atoms with Gasteiger partial charge in [0.15, 0.2) is 11.5 Å². The lowest BCUT2D eigenvalue weighted by Crippen LogP contribution is -1.96. The first-order valence-corrected chi connectivity index (χ1v) is 9.76. The molecule has 27 heavy (non-hydrogen) atoms. The molecule has 138 valence electrons. The summed E-state index contributed by atoms with van der Waals surface area (Å²) in [5, 5.41) is 2.99. The first-order chi connectivity index (χ1) is 13.2. The summed E-state index contributed by atoms with van der Waals surface area (Å²) in [6.07, 6.45) is 5.30. The van der Waals surface area contributed by atoms with Crippen molar-refractivity contribution in [3.05, 3.63) is 58.4 Å². The number of rotatable bonds is 6. The molecule has 8 heteroatoms. The molecule has 4 rings (SSSR count). The van der Waals surface area contributed by atoms with Crippen molar-refractivity contribution in [3.8, 4) is 22.2 Å². The maximum atomic E-state index is 5.92. The normalized spacial score (nSPS) is 10.9. The van der Waals surface area contributed by atoms with Crippen molar-refractivity contribution in [1.29, 1.82) is 0 Å². The van der Waals surface area contributed by atoms with Crippen LogP contribution in [-0.2, 0) is 6.61 Å². The zero-order chi connectivity index (χ0) is 18.8. The number of ether oxygens (including phenoxy) is 3. The standard InChI is InChI=1S/C19H16BrN3O3S/c1-24-17-6-15-16(7-18(17)25-2)23(11-22-15)19-5-13(10-27-19)26-9-12-3-4-21-8-14(12)20/h3-8,10-11H,9H2,1-2H3. The first-order valence-electron chi connectivity index (χ1n) is 8.08. The number of aromatic nitrogens is 3. The van der Waals surface area contributed by atoms with Gasteiger partial charge in [-0.2, -0.15) is 0 Å². The first kappa shape index (κ1) is 17.8. The molecule has 0 saturated heterocycles. The Morgan fingerprint density at radius 1 is 1.15 bits per heavy atom. The summed E-state index contributed by atoms with van der Waals surface area (Å²) in [5.74, 6) is 2.14. The number of methoxy groups -OCH3 is 2. The fraction of sp³-hybridized carbons (Fsp3) is 0.158. The van der Waals surface area contributed by atoms with E-state index in [0.29, 0.717) is 18.1 Å².